The average Bonchev–Trinajstić information content (AvgIpc) is 2.79. The third-order valence-corrected chi connectivity index (χ3v) is 2.76. The standard InChI is InChI=1S/C13H16N4O2/c1-3-19-13(18)12-10(2)17(16-15-12)9-7-11-6-4-5-8-14-11/h4-6,8H,3,7,9H2,1-2H3. The molecule has 0 aliphatic rings. The molecule has 2 aromatic heterocycles. The van der Waals surface area contributed by atoms with Gasteiger partial charge in [0.1, 0.15) is 0 Å². The quantitative estimate of drug-likeness (QED) is 0.760. The van der Waals surface area contributed by atoms with E-state index in [0.29, 0.717) is 13.2 Å². The predicted molar refractivity (Wildman–Crippen MR) is 68.7 cm³/mol. The molecule has 0 unspecified atom stereocenters. The molecule has 0 saturated heterocycles. The molecule has 2 heterocycles. The van der Waals surface area contributed by atoms with Crippen molar-refractivity contribution in [3.63, 3.8) is 0 Å². The van der Waals surface area contributed by atoms with Crippen LogP contribution in [0.5, 0.6) is 0 Å². The Morgan fingerprint density at radius 2 is 2.26 bits per heavy atom. The van der Waals surface area contributed by atoms with Crippen molar-refractivity contribution in [2.75, 3.05) is 6.61 Å². The first-order valence-electron chi connectivity index (χ1n) is 6.19. The van der Waals surface area contributed by atoms with E-state index in [2.05, 4.69) is 15.3 Å². The van der Waals surface area contributed by atoms with Crippen molar-refractivity contribution in [2.24, 2.45) is 0 Å². The number of aryl methyl sites for hydroxylation is 2. The number of rotatable bonds is 5. The number of aromatic nitrogens is 4. The van der Waals surface area contributed by atoms with Crippen LogP contribution in [0.4, 0.5) is 0 Å². The van der Waals surface area contributed by atoms with Crippen LogP contribution in [0, 0.1) is 6.92 Å². The Morgan fingerprint density at radius 1 is 1.42 bits per heavy atom. The fraction of sp³-hybridized carbons (Fsp3) is 0.385. The molecule has 0 aliphatic heterocycles. The fourth-order valence-electron chi connectivity index (χ4n) is 1.73. The van der Waals surface area contributed by atoms with E-state index in [1.165, 1.54) is 0 Å². The second kappa shape index (κ2) is 6.08. The van der Waals surface area contributed by atoms with Gasteiger partial charge in [0.25, 0.3) is 0 Å². The van der Waals surface area contributed by atoms with E-state index in [9.17, 15) is 4.79 Å². The summed E-state index contributed by atoms with van der Waals surface area (Å²) in [6, 6.07) is 5.78. The van der Waals surface area contributed by atoms with Crippen LogP contribution in [-0.2, 0) is 17.7 Å². The Balaban J connectivity index is 2.04. The second-order valence-corrected chi connectivity index (χ2v) is 4.04. The van der Waals surface area contributed by atoms with Crippen LogP contribution in [0.3, 0.4) is 0 Å². The van der Waals surface area contributed by atoms with E-state index in [0.717, 1.165) is 17.8 Å². The Morgan fingerprint density at radius 3 is 2.95 bits per heavy atom. The number of hydrogen-bond donors (Lipinski definition) is 0. The topological polar surface area (TPSA) is 69.9 Å². The van der Waals surface area contributed by atoms with E-state index in [1.54, 1.807) is 17.8 Å². The summed E-state index contributed by atoms with van der Waals surface area (Å²) in [6.45, 7) is 4.54. The predicted octanol–water partition coefficient (Wildman–Crippen LogP) is 1.40. The lowest BCUT2D eigenvalue weighted by atomic mass is 10.2. The number of esters is 1. The fourth-order valence-corrected chi connectivity index (χ4v) is 1.73. The molecule has 0 atom stereocenters. The van der Waals surface area contributed by atoms with Gasteiger partial charge in [-0.05, 0) is 26.0 Å². The zero-order valence-electron chi connectivity index (χ0n) is 11.0. The normalized spacial score (nSPS) is 10.4. The van der Waals surface area contributed by atoms with Gasteiger partial charge in [0, 0.05) is 24.9 Å². The number of nitrogens with zero attached hydrogens (tertiary/aromatic N) is 4. The van der Waals surface area contributed by atoms with Crippen LogP contribution in [0.15, 0.2) is 24.4 Å². The molecule has 6 heteroatoms. The molecule has 0 aromatic carbocycles. The van der Waals surface area contributed by atoms with Gasteiger partial charge in [0.05, 0.1) is 12.3 Å². The van der Waals surface area contributed by atoms with Crippen LogP contribution in [0.2, 0.25) is 0 Å². The van der Waals surface area contributed by atoms with Crippen molar-refractivity contribution in [1.29, 1.82) is 0 Å². The summed E-state index contributed by atoms with van der Waals surface area (Å²) in [5.74, 6) is -0.427. The zero-order chi connectivity index (χ0) is 13.7. The van der Waals surface area contributed by atoms with Gasteiger partial charge in [-0.15, -0.1) is 5.10 Å². The van der Waals surface area contributed by atoms with Crippen molar-refractivity contribution in [1.82, 2.24) is 20.0 Å². The maximum Gasteiger partial charge on any atom is 0.360 e. The Labute approximate surface area is 111 Å². The van der Waals surface area contributed by atoms with Gasteiger partial charge >= 0.3 is 5.97 Å². The molecule has 0 aliphatic carbocycles. The molecule has 2 rings (SSSR count). The lowest BCUT2D eigenvalue weighted by Crippen LogP contribution is -2.09. The van der Waals surface area contributed by atoms with E-state index in [1.807, 2.05) is 25.1 Å². The molecule has 0 saturated carbocycles. The minimum Gasteiger partial charge on any atom is -0.461 e. The van der Waals surface area contributed by atoms with Gasteiger partial charge in [0.2, 0.25) is 0 Å². The Bertz CT molecular complexity index is 551. The smallest absolute Gasteiger partial charge is 0.360 e. The number of carbonyl (C=O) groups is 1. The number of pyridine rings is 1. The van der Waals surface area contributed by atoms with Gasteiger partial charge in [-0.3, -0.25) is 4.98 Å². The molecule has 0 amide bonds. The van der Waals surface area contributed by atoms with Crippen molar-refractivity contribution in [3.8, 4) is 0 Å². The van der Waals surface area contributed by atoms with E-state index in [4.69, 9.17) is 4.74 Å². The molecule has 0 fully saturated rings. The minimum atomic E-state index is -0.427. The maximum absolute atomic E-state index is 11.6. The number of ether oxygens (including phenoxy) is 1. The molecular formula is C13H16N4O2. The molecule has 0 bridgehead atoms. The lowest BCUT2D eigenvalue weighted by Gasteiger charge is -2.03. The van der Waals surface area contributed by atoms with Crippen molar-refractivity contribution in [2.45, 2.75) is 26.8 Å². The third-order valence-electron chi connectivity index (χ3n) is 2.76. The Kier molecular flexibility index (Phi) is 4.22. The van der Waals surface area contributed by atoms with Gasteiger partial charge in [-0.25, -0.2) is 9.48 Å². The van der Waals surface area contributed by atoms with Gasteiger partial charge in [0.15, 0.2) is 5.69 Å². The summed E-state index contributed by atoms with van der Waals surface area (Å²) in [7, 11) is 0. The zero-order valence-corrected chi connectivity index (χ0v) is 11.0. The Hall–Kier alpha value is -2.24. The molecule has 0 radical (unpaired) electrons. The van der Waals surface area contributed by atoms with Gasteiger partial charge < -0.3 is 4.74 Å². The maximum atomic E-state index is 11.6. The van der Waals surface area contributed by atoms with Crippen LogP contribution in [-0.4, -0.2) is 32.6 Å². The second-order valence-electron chi connectivity index (χ2n) is 4.04. The number of hydrogen-bond acceptors (Lipinski definition) is 5. The first-order chi connectivity index (χ1) is 9.22. The molecule has 0 spiro atoms. The summed E-state index contributed by atoms with van der Waals surface area (Å²) in [6.07, 6.45) is 2.50. The van der Waals surface area contributed by atoms with Crippen molar-refractivity contribution >= 4 is 5.97 Å². The van der Waals surface area contributed by atoms with Crippen LogP contribution >= 0.6 is 0 Å². The lowest BCUT2D eigenvalue weighted by molar-refractivity contribution is 0.0518. The SMILES string of the molecule is CCOC(=O)c1nnn(CCc2ccccn2)c1C. The highest BCUT2D eigenvalue weighted by atomic mass is 16.5. The highest BCUT2D eigenvalue weighted by Gasteiger charge is 2.17. The van der Waals surface area contributed by atoms with E-state index in [-0.39, 0.29) is 5.69 Å². The molecule has 19 heavy (non-hydrogen) atoms. The average molecular weight is 260 g/mol. The first-order valence-corrected chi connectivity index (χ1v) is 6.19. The van der Waals surface area contributed by atoms with Crippen LogP contribution < -0.4 is 0 Å². The molecule has 6 nitrogen and oxygen atoms in total. The molecular weight excluding hydrogens is 244 g/mol. The summed E-state index contributed by atoms with van der Waals surface area (Å²) in [5, 5.41) is 7.84. The largest absolute Gasteiger partial charge is 0.461 e. The van der Waals surface area contributed by atoms with Crippen LogP contribution in [0.25, 0.3) is 0 Å². The first kappa shape index (κ1) is 13.2. The third kappa shape index (κ3) is 3.15. The highest BCUT2D eigenvalue weighted by Crippen LogP contribution is 2.07. The summed E-state index contributed by atoms with van der Waals surface area (Å²) in [4.78, 5) is 15.8. The van der Waals surface area contributed by atoms with E-state index >= 15 is 0 Å². The van der Waals surface area contributed by atoms with Crippen molar-refractivity contribution in [3.05, 3.63) is 41.5 Å². The van der Waals surface area contributed by atoms with Crippen molar-refractivity contribution < 1.29 is 9.53 Å². The van der Waals surface area contributed by atoms with Crippen LogP contribution in [0.1, 0.15) is 28.8 Å². The number of carbonyl (C=O) groups excluding carboxylic acids is 1. The van der Waals surface area contributed by atoms with Gasteiger partial charge in [-0.1, -0.05) is 11.3 Å². The van der Waals surface area contributed by atoms with Gasteiger partial charge in [-0.2, -0.15) is 0 Å². The minimum absolute atomic E-state index is 0.280. The monoisotopic (exact) mass is 260 g/mol. The molecule has 100 valence electrons. The molecule has 0 N–H and O–H groups in total. The summed E-state index contributed by atoms with van der Waals surface area (Å²) in [5.41, 5.74) is 1.98. The summed E-state index contributed by atoms with van der Waals surface area (Å²) >= 11 is 0. The summed E-state index contributed by atoms with van der Waals surface area (Å²) < 4.78 is 6.61. The highest BCUT2D eigenvalue weighted by molar-refractivity contribution is 5.88. The molecule has 2 aromatic rings. The van der Waals surface area contributed by atoms with E-state index < -0.39 is 5.97 Å².